The molecule has 0 fully saturated rings. The summed E-state index contributed by atoms with van der Waals surface area (Å²) in [5.41, 5.74) is 4.12. The maximum Gasteiger partial charge on any atom is 0.303 e. The van der Waals surface area contributed by atoms with E-state index in [4.69, 9.17) is 5.11 Å². The molecule has 1 amide bonds. The summed E-state index contributed by atoms with van der Waals surface area (Å²) in [6, 6.07) is 13.7. The third-order valence-corrected chi connectivity index (χ3v) is 5.83. The van der Waals surface area contributed by atoms with Crippen LogP contribution < -0.4 is 5.32 Å². The summed E-state index contributed by atoms with van der Waals surface area (Å²) in [4.78, 5) is 35.6. The Morgan fingerprint density at radius 3 is 2.44 bits per heavy atom. The lowest BCUT2D eigenvalue weighted by Crippen LogP contribution is -2.12. The largest absolute Gasteiger partial charge is 0.481 e. The molecule has 2 heterocycles. The van der Waals surface area contributed by atoms with Gasteiger partial charge < -0.3 is 20.0 Å². The Morgan fingerprint density at radius 1 is 1.06 bits per heavy atom. The van der Waals surface area contributed by atoms with Crippen LogP contribution in [0.3, 0.4) is 0 Å². The van der Waals surface area contributed by atoms with Gasteiger partial charge in [-0.3, -0.25) is 9.59 Å². The number of carboxylic acid groups (broad SMARTS) is 1. The summed E-state index contributed by atoms with van der Waals surface area (Å²) in [5.74, 6) is -0.952. The molecule has 36 heavy (non-hydrogen) atoms. The predicted molar refractivity (Wildman–Crippen MR) is 135 cm³/mol. The molecule has 2 aromatic carbocycles. The van der Waals surface area contributed by atoms with E-state index in [1.807, 2.05) is 42.7 Å². The van der Waals surface area contributed by atoms with Gasteiger partial charge in [0.25, 0.3) is 5.91 Å². The molecule has 0 spiro atoms. The van der Waals surface area contributed by atoms with Crippen LogP contribution in [0.15, 0.2) is 61.1 Å². The molecule has 4 aromatic rings. The fraction of sp³-hybridized carbons (Fsp3) is 0.259. The molecule has 0 aliphatic heterocycles. The lowest BCUT2D eigenvalue weighted by molar-refractivity contribution is -0.137. The topological polar surface area (TPSA) is 113 Å². The first-order valence-corrected chi connectivity index (χ1v) is 11.8. The molecule has 3 N–H and O–H groups in total. The van der Waals surface area contributed by atoms with E-state index in [-0.39, 0.29) is 24.2 Å². The lowest BCUT2D eigenvalue weighted by atomic mass is 10.1. The molecule has 9 heteroatoms. The Labute approximate surface area is 208 Å². The molecule has 0 aliphatic rings. The average molecular weight is 490 g/mol. The molecule has 8 nitrogen and oxygen atoms in total. The average Bonchev–Trinajstić information content (AvgIpc) is 3.51. The number of aromatic amines is 1. The van der Waals surface area contributed by atoms with Gasteiger partial charge in [-0.1, -0.05) is 12.1 Å². The van der Waals surface area contributed by atoms with Crippen LogP contribution in [0.5, 0.6) is 0 Å². The number of aromatic nitrogens is 4. The van der Waals surface area contributed by atoms with Crippen LogP contribution in [0.4, 0.5) is 10.1 Å². The number of nitrogens with one attached hydrogen (secondary N) is 2. The Hall–Kier alpha value is -4.27. The van der Waals surface area contributed by atoms with E-state index < -0.39 is 5.97 Å². The molecular weight excluding hydrogens is 461 g/mol. The highest BCUT2D eigenvalue weighted by Crippen LogP contribution is 2.31. The highest BCUT2D eigenvalue weighted by atomic mass is 19.1. The van der Waals surface area contributed by atoms with Crippen LogP contribution in [0.25, 0.3) is 22.8 Å². The summed E-state index contributed by atoms with van der Waals surface area (Å²) >= 11 is 0. The monoisotopic (exact) mass is 489 g/mol. The maximum atomic E-state index is 13.4. The van der Waals surface area contributed by atoms with Crippen LogP contribution in [0, 0.1) is 5.82 Å². The first kappa shape index (κ1) is 24.8. The van der Waals surface area contributed by atoms with Crippen LogP contribution >= 0.6 is 0 Å². The number of hydrogen-bond donors (Lipinski definition) is 3. The van der Waals surface area contributed by atoms with Gasteiger partial charge in [-0.15, -0.1) is 0 Å². The van der Waals surface area contributed by atoms with Gasteiger partial charge in [0.05, 0.1) is 18.2 Å². The molecule has 0 unspecified atom stereocenters. The van der Waals surface area contributed by atoms with Crippen LogP contribution in [-0.4, -0.2) is 36.5 Å². The van der Waals surface area contributed by atoms with E-state index in [0.717, 1.165) is 24.0 Å². The molecule has 2 aromatic heterocycles. The molecule has 4 rings (SSSR count). The van der Waals surface area contributed by atoms with Crippen molar-refractivity contribution in [2.24, 2.45) is 0 Å². The van der Waals surface area contributed by atoms with Gasteiger partial charge in [0.15, 0.2) is 5.82 Å². The van der Waals surface area contributed by atoms with E-state index in [1.54, 1.807) is 18.5 Å². The molecule has 0 radical (unpaired) electrons. The minimum absolute atomic E-state index is 0.0896. The number of unbranched alkanes of at least 4 members (excludes halogenated alkanes) is 1. The molecule has 0 saturated heterocycles. The van der Waals surface area contributed by atoms with Crippen LogP contribution in [0.2, 0.25) is 0 Å². The molecule has 0 bridgehead atoms. The number of imidazole rings is 2. The summed E-state index contributed by atoms with van der Waals surface area (Å²) < 4.78 is 15.4. The van der Waals surface area contributed by atoms with E-state index in [2.05, 4.69) is 20.3 Å². The number of aryl methyl sites for hydroxylation is 1. The second kappa shape index (κ2) is 11.0. The number of carbonyl (C=O) groups excluding carboxylic acids is 1. The third-order valence-electron chi connectivity index (χ3n) is 5.83. The summed E-state index contributed by atoms with van der Waals surface area (Å²) in [6.07, 6.45) is 5.57. The number of H-pyrrole nitrogens is 1. The van der Waals surface area contributed by atoms with Gasteiger partial charge in [0, 0.05) is 23.7 Å². The lowest BCUT2D eigenvalue weighted by Gasteiger charge is -2.11. The second-order valence-corrected chi connectivity index (χ2v) is 8.85. The van der Waals surface area contributed by atoms with Crippen molar-refractivity contribution in [2.45, 2.75) is 45.6 Å². The van der Waals surface area contributed by atoms with Gasteiger partial charge in [0.1, 0.15) is 17.2 Å². The zero-order valence-electron chi connectivity index (χ0n) is 20.2. The Morgan fingerprint density at radius 2 is 1.78 bits per heavy atom. The first-order chi connectivity index (χ1) is 17.3. The van der Waals surface area contributed by atoms with Gasteiger partial charge in [-0.25, -0.2) is 14.4 Å². The van der Waals surface area contributed by atoms with Crippen LogP contribution in [-0.2, 0) is 11.2 Å². The number of nitrogens with zero attached hydrogens (tertiary/aromatic N) is 3. The number of benzene rings is 2. The fourth-order valence-corrected chi connectivity index (χ4v) is 3.92. The predicted octanol–water partition coefficient (Wildman–Crippen LogP) is 5.71. The summed E-state index contributed by atoms with van der Waals surface area (Å²) in [7, 11) is 0. The van der Waals surface area contributed by atoms with Crippen LogP contribution in [0.1, 0.15) is 55.2 Å². The molecule has 0 aliphatic carbocycles. The van der Waals surface area contributed by atoms with E-state index >= 15 is 0 Å². The van der Waals surface area contributed by atoms with Gasteiger partial charge in [-0.2, -0.15) is 0 Å². The number of anilines is 1. The minimum Gasteiger partial charge on any atom is -0.481 e. The highest BCUT2D eigenvalue weighted by molar-refractivity contribution is 6.03. The van der Waals surface area contributed by atoms with Gasteiger partial charge in [-0.05, 0) is 75.1 Å². The Bertz CT molecular complexity index is 1340. The van der Waals surface area contributed by atoms with E-state index in [9.17, 15) is 14.0 Å². The van der Waals surface area contributed by atoms with Gasteiger partial charge in [0.2, 0.25) is 0 Å². The molecule has 186 valence electrons. The van der Waals surface area contributed by atoms with E-state index in [0.29, 0.717) is 35.0 Å². The SMILES string of the molecule is CC(C)n1cnc(-c2ccc(F)cc2)c1-c1ncc(C(=O)Nc2ccc(CCCCC(=O)O)cc2)[nH]1. The number of carbonyl (C=O) groups is 2. The highest BCUT2D eigenvalue weighted by Gasteiger charge is 2.21. The number of aliphatic carboxylic acids is 1. The zero-order chi connectivity index (χ0) is 25.7. The van der Waals surface area contributed by atoms with Crippen molar-refractivity contribution in [3.05, 3.63) is 78.1 Å². The molecular formula is C27H28FN5O3. The van der Waals surface area contributed by atoms with Crippen molar-refractivity contribution in [3.8, 4) is 22.8 Å². The Balaban J connectivity index is 1.48. The normalized spacial score (nSPS) is 11.1. The number of halogens is 1. The fourth-order valence-electron chi connectivity index (χ4n) is 3.92. The number of rotatable bonds is 10. The maximum absolute atomic E-state index is 13.4. The second-order valence-electron chi connectivity index (χ2n) is 8.85. The standard InChI is InChI=1S/C27H28FN5O3/c1-17(2)33-16-30-24(19-9-11-20(28)12-10-19)25(33)26-29-15-22(32-26)27(36)31-21-13-7-18(8-14-21)5-3-4-6-23(34)35/h7-17H,3-6H2,1-2H3,(H,29,32)(H,31,36)(H,34,35). The van der Waals surface area contributed by atoms with Crippen molar-refractivity contribution in [1.29, 1.82) is 0 Å². The van der Waals surface area contributed by atoms with Crippen molar-refractivity contribution in [1.82, 2.24) is 19.5 Å². The summed E-state index contributed by atoms with van der Waals surface area (Å²) in [5, 5.41) is 11.6. The van der Waals surface area contributed by atoms with Crippen molar-refractivity contribution < 1.29 is 19.1 Å². The molecule has 0 saturated carbocycles. The van der Waals surface area contributed by atoms with Crippen molar-refractivity contribution in [2.75, 3.05) is 5.32 Å². The van der Waals surface area contributed by atoms with E-state index in [1.165, 1.54) is 18.3 Å². The quantitative estimate of drug-likeness (QED) is 0.247. The Kier molecular flexibility index (Phi) is 7.58. The number of amides is 1. The number of hydrogen-bond acceptors (Lipinski definition) is 4. The smallest absolute Gasteiger partial charge is 0.303 e. The molecule has 0 atom stereocenters. The number of carboxylic acids is 1. The summed E-state index contributed by atoms with van der Waals surface area (Å²) in [6.45, 7) is 4.04. The first-order valence-electron chi connectivity index (χ1n) is 11.8. The minimum atomic E-state index is -0.782. The van der Waals surface area contributed by atoms with Crippen molar-refractivity contribution >= 4 is 17.6 Å². The van der Waals surface area contributed by atoms with Crippen molar-refractivity contribution in [3.63, 3.8) is 0 Å². The third kappa shape index (κ3) is 5.86. The zero-order valence-corrected chi connectivity index (χ0v) is 20.2. The van der Waals surface area contributed by atoms with Gasteiger partial charge >= 0.3 is 5.97 Å².